The summed E-state index contributed by atoms with van der Waals surface area (Å²) in [6, 6.07) is 0. The summed E-state index contributed by atoms with van der Waals surface area (Å²) in [5.41, 5.74) is 0. The standard InChI is InChI=1S/C6H14O6.C2H4O3/c7-1-3(9)5(11)6(12)4(10)2-8;3-1-2(4)5/h3-12H,1-2H2;3H,1H2,(H,4,5)/t3-,4+,5-,6-;/m1./s1. The molecular formula is C8H18O9. The van der Waals surface area contributed by atoms with Gasteiger partial charge in [-0.15, -0.1) is 0 Å². The van der Waals surface area contributed by atoms with E-state index < -0.39 is 50.2 Å². The van der Waals surface area contributed by atoms with E-state index in [9.17, 15) is 0 Å². The first kappa shape index (κ1) is 18.6. The lowest BCUT2D eigenvalue weighted by Gasteiger charge is -2.24. The normalized spacial score (nSPS) is 17.4. The van der Waals surface area contributed by atoms with Crippen LogP contribution < -0.4 is 0 Å². The van der Waals surface area contributed by atoms with Gasteiger partial charge in [-0.3, -0.25) is 0 Å². The molecule has 0 aromatic heterocycles. The van der Waals surface area contributed by atoms with Gasteiger partial charge in [0.15, 0.2) is 0 Å². The fourth-order valence-electron chi connectivity index (χ4n) is 0.671. The van der Waals surface area contributed by atoms with Gasteiger partial charge in [-0.1, -0.05) is 0 Å². The Kier molecular flexibility index (Phi) is 11.3. The van der Waals surface area contributed by atoms with Gasteiger partial charge in [0.2, 0.25) is 0 Å². The van der Waals surface area contributed by atoms with Crippen LogP contribution in [-0.4, -0.2) is 91.1 Å². The first-order valence-electron chi connectivity index (χ1n) is 4.58. The highest BCUT2D eigenvalue weighted by Gasteiger charge is 2.29. The van der Waals surface area contributed by atoms with E-state index >= 15 is 0 Å². The van der Waals surface area contributed by atoms with E-state index in [-0.39, 0.29) is 0 Å². The minimum atomic E-state index is -1.67. The number of hydrogen-bond acceptors (Lipinski definition) is 8. The molecule has 8 N–H and O–H groups in total. The van der Waals surface area contributed by atoms with Crippen molar-refractivity contribution in [2.24, 2.45) is 0 Å². The fourth-order valence-corrected chi connectivity index (χ4v) is 0.671. The Morgan fingerprint density at radius 3 is 1.18 bits per heavy atom. The van der Waals surface area contributed by atoms with Crippen molar-refractivity contribution in [2.75, 3.05) is 19.8 Å². The van der Waals surface area contributed by atoms with E-state index in [4.69, 9.17) is 45.6 Å². The van der Waals surface area contributed by atoms with Gasteiger partial charge >= 0.3 is 5.97 Å². The molecule has 17 heavy (non-hydrogen) atoms. The molecule has 0 saturated carbocycles. The molecule has 0 saturated heterocycles. The zero-order chi connectivity index (χ0) is 14.0. The van der Waals surface area contributed by atoms with Crippen LogP contribution in [0.2, 0.25) is 0 Å². The van der Waals surface area contributed by atoms with Crippen LogP contribution in [0.15, 0.2) is 0 Å². The Morgan fingerprint density at radius 2 is 1.06 bits per heavy atom. The van der Waals surface area contributed by atoms with Gasteiger partial charge in [0.05, 0.1) is 13.2 Å². The smallest absolute Gasteiger partial charge is 0.329 e. The quantitative estimate of drug-likeness (QED) is 0.233. The van der Waals surface area contributed by atoms with Crippen molar-refractivity contribution in [3.8, 4) is 0 Å². The van der Waals surface area contributed by atoms with E-state index in [1.807, 2.05) is 0 Å². The molecule has 9 heteroatoms. The molecule has 0 aliphatic carbocycles. The second kappa shape index (κ2) is 10.4. The summed E-state index contributed by atoms with van der Waals surface area (Å²) in [4.78, 5) is 9.12. The van der Waals surface area contributed by atoms with Crippen molar-refractivity contribution in [1.82, 2.24) is 0 Å². The highest BCUT2D eigenvalue weighted by atomic mass is 16.4. The minimum Gasteiger partial charge on any atom is -0.480 e. The zero-order valence-electron chi connectivity index (χ0n) is 8.92. The van der Waals surface area contributed by atoms with Crippen LogP contribution in [0.25, 0.3) is 0 Å². The molecule has 0 aromatic carbocycles. The maximum atomic E-state index is 9.12. The molecular weight excluding hydrogens is 240 g/mol. The van der Waals surface area contributed by atoms with Gasteiger partial charge in [-0.05, 0) is 0 Å². The summed E-state index contributed by atoms with van der Waals surface area (Å²) < 4.78 is 0. The molecule has 0 fully saturated rings. The lowest BCUT2D eigenvalue weighted by atomic mass is 10.0. The number of aliphatic carboxylic acids is 1. The topological polar surface area (TPSA) is 179 Å². The van der Waals surface area contributed by atoms with Gasteiger partial charge in [0.1, 0.15) is 31.0 Å². The maximum Gasteiger partial charge on any atom is 0.329 e. The summed E-state index contributed by atoms with van der Waals surface area (Å²) in [6.07, 6.45) is -6.39. The lowest BCUT2D eigenvalue weighted by molar-refractivity contribution is -0.140. The van der Waals surface area contributed by atoms with Gasteiger partial charge in [-0.2, -0.15) is 0 Å². The van der Waals surface area contributed by atoms with Crippen molar-refractivity contribution >= 4 is 5.97 Å². The molecule has 0 bridgehead atoms. The third-order valence-corrected chi connectivity index (χ3v) is 1.65. The SMILES string of the molecule is O=C(O)CO.OC[C@@H](O)[C@@H](O)[C@H](O)[C@@H](O)CO. The number of rotatable bonds is 6. The van der Waals surface area contributed by atoms with Crippen LogP contribution in [0.1, 0.15) is 0 Å². The van der Waals surface area contributed by atoms with Crippen molar-refractivity contribution < 1.29 is 45.6 Å². The molecule has 0 radical (unpaired) electrons. The molecule has 0 heterocycles. The van der Waals surface area contributed by atoms with Crippen LogP contribution in [0, 0.1) is 0 Å². The van der Waals surface area contributed by atoms with Crippen LogP contribution in [0.3, 0.4) is 0 Å². The van der Waals surface area contributed by atoms with E-state index in [0.29, 0.717) is 0 Å². The molecule has 0 aliphatic heterocycles. The Bertz CT molecular complexity index is 183. The number of aliphatic hydroxyl groups excluding tert-OH is 7. The highest BCUT2D eigenvalue weighted by Crippen LogP contribution is 2.03. The molecule has 104 valence electrons. The second-order valence-electron chi connectivity index (χ2n) is 3.03. The van der Waals surface area contributed by atoms with Gasteiger partial charge in [0.25, 0.3) is 0 Å². The third kappa shape index (κ3) is 8.94. The van der Waals surface area contributed by atoms with Gasteiger partial charge in [0, 0.05) is 0 Å². The number of hydrogen-bond donors (Lipinski definition) is 8. The summed E-state index contributed by atoms with van der Waals surface area (Å²) in [5, 5.41) is 67.2. The maximum absolute atomic E-state index is 9.12. The number of carboxylic acids is 1. The van der Waals surface area contributed by atoms with Gasteiger partial charge in [-0.25, -0.2) is 4.79 Å². The monoisotopic (exact) mass is 258 g/mol. The Hall–Kier alpha value is -0.810. The van der Waals surface area contributed by atoms with Crippen molar-refractivity contribution in [1.29, 1.82) is 0 Å². The predicted octanol–water partition coefficient (Wildman–Crippen LogP) is -4.52. The molecule has 0 amide bonds. The minimum absolute atomic E-state index is 0.726. The van der Waals surface area contributed by atoms with E-state index in [1.54, 1.807) is 0 Å². The average Bonchev–Trinajstić information content (AvgIpc) is 2.35. The molecule has 0 unspecified atom stereocenters. The summed E-state index contributed by atoms with van der Waals surface area (Å²) >= 11 is 0. The Balaban J connectivity index is 0. The lowest BCUT2D eigenvalue weighted by Crippen LogP contribution is -2.46. The third-order valence-electron chi connectivity index (χ3n) is 1.65. The zero-order valence-corrected chi connectivity index (χ0v) is 8.92. The van der Waals surface area contributed by atoms with Crippen LogP contribution in [0.4, 0.5) is 0 Å². The number of aliphatic hydroxyl groups is 7. The van der Waals surface area contributed by atoms with Crippen LogP contribution >= 0.6 is 0 Å². The van der Waals surface area contributed by atoms with E-state index in [1.165, 1.54) is 0 Å². The van der Waals surface area contributed by atoms with E-state index in [2.05, 4.69) is 0 Å². The summed E-state index contributed by atoms with van der Waals surface area (Å²) in [5.74, 6) is -1.19. The first-order chi connectivity index (χ1) is 7.81. The van der Waals surface area contributed by atoms with Gasteiger partial charge < -0.3 is 40.9 Å². The summed E-state index contributed by atoms with van der Waals surface area (Å²) in [6.45, 7) is -2.23. The molecule has 9 nitrogen and oxygen atoms in total. The summed E-state index contributed by atoms with van der Waals surface area (Å²) in [7, 11) is 0. The second-order valence-corrected chi connectivity index (χ2v) is 3.03. The highest BCUT2D eigenvalue weighted by molar-refractivity contribution is 5.67. The van der Waals surface area contributed by atoms with E-state index in [0.717, 1.165) is 0 Å². The molecule has 0 spiro atoms. The molecule has 0 aliphatic rings. The number of carbonyl (C=O) groups is 1. The largest absolute Gasteiger partial charge is 0.480 e. The van der Waals surface area contributed by atoms with Crippen LogP contribution in [-0.2, 0) is 4.79 Å². The molecule has 0 rings (SSSR count). The first-order valence-corrected chi connectivity index (χ1v) is 4.58. The van der Waals surface area contributed by atoms with Crippen molar-refractivity contribution in [2.45, 2.75) is 24.4 Å². The molecule has 0 aromatic rings. The fraction of sp³-hybridized carbons (Fsp3) is 0.875. The van der Waals surface area contributed by atoms with Crippen molar-refractivity contribution in [3.05, 3.63) is 0 Å². The predicted molar refractivity (Wildman–Crippen MR) is 52.9 cm³/mol. The van der Waals surface area contributed by atoms with Crippen molar-refractivity contribution in [3.63, 3.8) is 0 Å². The Morgan fingerprint density at radius 1 is 0.824 bits per heavy atom. The Labute approximate surface area is 96.8 Å². The average molecular weight is 258 g/mol. The van der Waals surface area contributed by atoms with Crippen LogP contribution in [0.5, 0.6) is 0 Å². The molecule has 4 atom stereocenters. The number of carboxylic acid groups (broad SMARTS) is 1.